The molecule has 0 bridgehead atoms. The zero-order chi connectivity index (χ0) is 18.2. The van der Waals surface area contributed by atoms with Crippen LogP contribution in [-0.2, 0) is 0 Å². The molecule has 0 spiro atoms. The third-order valence-electron chi connectivity index (χ3n) is 4.63. The van der Waals surface area contributed by atoms with Crippen LogP contribution in [-0.4, -0.2) is 20.2 Å². The fourth-order valence-corrected chi connectivity index (χ4v) is 3.99. The molecule has 2 heterocycles. The van der Waals surface area contributed by atoms with Gasteiger partial charge in [0.25, 0.3) is 0 Å². The van der Waals surface area contributed by atoms with Gasteiger partial charge in [0.05, 0.1) is 0 Å². The molecular formula is C21H19N5S. The lowest BCUT2D eigenvalue weighted by molar-refractivity contribution is 0.934. The zero-order valence-electron chi connectivity index (χ0n) is 14.9. The van der Waals surface area contributed by atoms with Crippen LogP contribution in [0.3, 0.4) is 0 Å². The van der Waals surface area contributed by atoms with Crippen LogP contribution < -0.4 is 5.32 Å². The molecule has 4 aromatic rings. The molecule has 2 aromatic carbocycles. The Balaban J connectivity index is 1.38. The van der Waals surface area contributed by atoms with Crippen LogP contribution in [0.1, 0.15) is 30.1 Å². The maximum Gasteiger partial charge on any atom is 0.194 e. The average molecular weight is 373 g/mol. The number of aromatic amines is 1. The van der Waals surface area contributed by atoms with Gasteiger partial charge in [0.1, 0.15) is 5.82 Å². The molecule has 0 atom stereocenters. The van der Waals surface area contributed by atoms with Crippen LogP contribution >= 0.6 is 11.8 Å². The highest BCUT2D eigenvalue weighted by atomic mass is 32.2. The number of nitrogens with one attached hydrogen (secondary N) is 2. The fraction of sp³-hybridized carbons (Fsp3) is 0.190. The van der Waals surface area contributed by atoms with Gasteiger partial charge in [0, 0.05) is 34.3 Å². The summed E-state index contributed by atoms with van der Waals surface area (Å²) in [6, 6.07) is 18.8. The molecular weight excluding hydrogens is 354 g/mol. The topological polar surface area (TPSA) is 66.5 Å². The van der Waals surface area contributed by atoms with E-state index < -0.39 is 0 Å². The van der Waals surface area contributed by atoms with Gasteiger partial charge in [0.2, 0.25) is 0 Å². The predicted octanol–water partition coefficient (Wildman–Crippen LogP) is 5.43. The first-order chi connectivity index (χ1) is 13.2. The van der Waals surface area contributed by atoms with Crippen LogP contribution in [0.2, 0.25) is 0 Å². The van der Waals surface area contributed by atoms with E-state index in [9.17, 15) is 0 Å². The Kier molecular flexibility index (Phi) is 4.05. The molecule has 1 aliphatic carbocycles. The summed E-state index contributed by atoms with van der Waals surface area (Å²) < 4.78 is 0. The van der Waals surface area contributed by atoms with Gasteiger partial charge in [-0.3, -0.25) is 5.10 Å². The molecule has 0 aliphatic heterocycles. The number of benzene rings is 2. The standard InChI is InChI=1S/C21H19N5S/c1-13-10-19(23-20-12-18(25-26-20)15-6-7-15)24-21(22-13)27-17-9-8-14-4-2-3-5-16(14)11-17/h2-5,8-12,15H,6-7H2,1H3,(H2,22,23,24,25,26). The predicted molar refractivity (Wildman–Crippen MR) is 109 cm³/mol. The van der Waals surface area contributed by atoms with Crippen molar-refractivity contribution in [3.05, 3.63) is 66.0 Å². The van der Waals surface area contributed by atoms with E-state index >= 15 is 0 Å². The second kappa shape index (κ2) is 6.70. The first kappa shape index (κ1) is 16.3. The summed E-state index contributed by atoms with van der Waals surface area (Å²) >= 11 is 1.57. The summed E-state index contributed by atoms with van der Waals surface area (Å²) in [5.74, 6) is 2.22. The number of nitrogens with zero attached hydrogens (tertiary/aromatic N) is 3. The molecule has 6 heteroatoms. The summed E-state index contributed by atoms with van der Waals surface area (Å²) in [4.78, 5) is 10.4. The van der Waals surface area contributed by atoms with Crippen molar-refractivity contribution in [3.63, 3.8) is 0 Å². The smallest absolute Gasteiger partial charge is 0.194 e. The van der Waals surface area contributed by atoms with E-state index in [1.165, 1.54) is 29.3 Å². The molecule has 2 aromatic heterocycles. The van der Waals surface area contributed by atoms with Crippen molar-refractivity contribution in [2.75, 3.05) is 5.32 Å². The number of aromatic nitrogens is 4. The van der Waals surface area contributed by atoms with Crippen LogP contribution in [0.4, 0.5) is 11.6 Å². The normalized spacial score (nSPS) is 13.8. The van der Waals surface area contributed by atoms with Crippen molar-refractivity contribution >= 4 is 34.2 Å². The summed E-state index contributed by atoms with van der Waals surface area (Å²) in [5, 5.41) is 13.9. The lowest BCUT2D eigenvalue weighted by Gasteiger charge is -2.07. The Morgan fingerprint density at radius 2 is 1.81 bits per heavy atom. The quantitative estimate of drug-likeness (QED) is 0.456. The van der Waals surface area contributed by atoms with E-state index in [1.54, 1.807) is 11.8 Å². The van der Waals surface area contributed by atoms with E-state index in [4.69, 9.17) is 0 Å². The molecule has 0 radical (unpaired) electrons. The summed E-state index contributed by atoms with van der Waals surface area (Å²) in [5.41, 5.74) is 2.13. The number of hydrogen-bond donors (Lipinski definition) is 2. The lowest BCUT2D eigenvalue weighted by atomic mass is 10.1. The minimum absolute atomic E-state index is 0.652. The number of hydrogen-bond acceptors (Lipinski definition) is 5. The van der Waals surface area contributed by atoms with Gasteiger partial charge in [-0.2, -0.15) is 5.10 Å². The van der Waals surface area contributed by atoms with E-state index in [1.807, 2.05) is 13.0 Å². The van der Waals surface area contributed by atoms with Gasteiger partial charge in [0.15, 0.2) is 11.0 Å². The minimum Gasteiger partial charge on any atom is -0.323 e. The number of H-pyrrole nitrogens is 1. The van der Waals surface area contributed by atoms with Crippen molar-refractivity contribution in [1.29, 1.82) is 0 Å². The highest BCUT2D eigenvalue weighted by Gasteiger charge is 2.25. The molecule has 1 saturated carbocycles. The number of rotatable bonds is 5. The molecule has 0 amide bonds. The highest BCUT2D eigenvalue weighted by Crippen LogP contribution is 2.39. The second-order valence-electron chi connectivity index (χ2n) is 6.90. The summed E-state index contributed by atoms with van der Waals surface area (Å²) in [7, 11) is 0. The maximum atomic E-state index is 4.66. The van der Waals surface area contributed by atoms with Crippen LogP contribution in [0.5, 0.6) is 0 Å². The SMILES string of the molecule is Cc1cc(Nc2cc(C3CC3)[nH]n2)nc(Sc2ccc3ccccc3c2)n1. The Labute approximate surface area is 161 Å². The van der Waals surface area contributed by atoms with Gasteiger partial charge in [-0.05, 0) is 54.4 Å². The van der Waals surface area contributed by atoms with Crippen molar-refractivity contribution in [2.45, 2.75) is 35.7 Å². The molecule has 1 aliphatic rings. The average Bonchev–Trinajstić information content (AvgIpc) is 3.41. The summed E-state index contributed by atoms with van der Waals surface area (Å²) in [6.45, 7) is 1.98. The molecule has 1 fully saturated rings. The molecule has 2 N–H and O–H groups in total. The maximum absolute atomic E-state index is 4.66. The molecule has 134 valence electrons. The number of anilines is 2. The Bertz CT molecular complexity index is 1120. The highest BCUT2D eigenvalue weighted by molar-refractivity contribution is 7.99. The molecule has 0 unspecified atom stereocenters. The zero-order valence-corrected chi connectivity index (χ0v) is 15.8. The minimum atomic E-state index is 0.652. The number of aryl methyl sites for hydroxylation is 1. The van der Waals surface area contributed by atoms with Gasteiger partial charge >= 0.3 is 0 Å². The molecule has 5 rings (SSSR count). The monoisotopic (exact) mass is 373 g/mol. The van der Waals surface area contributed by atoms with Crippen molar-refractivity contribution in [2.24, 2.45) is 0 Å². The van der Waals surface area contributed by atoms with E-state index in [-0.39, 0.29) is 0 Å². The van der Waals surface area contributed by atoms with Gasteiger partial charge in [-0.25, -0.2) is 9.97 Å². The Morgan fingerprint density at radius 1 is 0.963 bits per heavy atom. The fourth-order valence-electron chi connectivity index (χ4n) is 3.12. The van der Waals surface area contributed by atoms with Crippen LogP contribution in [0, 0.1) is 6.92 Å². The Morgan fingerprint density at radius 3 is 2.67 bits per heavy atom. The van der Waals surface area contributed by atoms with Crippen molar-refractivity contribution < 1.29 is 0 Å². The first-order valence-corrected chi connectivity index (χ1v) is 9.89. The number of fused-ring (bicyclic) bond motifs is 1. The third-order valence-corrected chi connectivity index (χ3v) is 5.49. The van der Waals surface area contributed by atoms with Crippen LogP contribution in [0.15, 0.2) is 64.6 Å². The van der Waals surface area contributed by atoms with E-state index in [0.717, 1.165) is 27.4 Å². The molecule has 5 nitrogen and oxygen atoms in total. The Hall–Kier alpha value is -2.86. The second-order valence-corrected chi connectivity index (χ2v) is 7.94. The van der Waals surface area contributed by atoms with Crippen LogP contribution in [0.25, 0.3) is 10.8 Å². The van der Waals surface area contributed by atoms with Gasteiger partial charge in [-0.1, -0.05) is 30.3 Å². The van der Waals surface area contributed by atoms with Crippen molar-refractivity contribution in [1.82, 2.24) is 20.2 Å². The van der Waals surface area contributed by atoms with Crippen molar-refractivity contribution in [3.8, 4) is 0 Å². The lowest BCUT2D eigenvalue weighted by Crippen LogP contribution is -1.98. The largest absolute Gasteiger partial charge is 0.323 e. The van der Waals surface area contributed by atoms with Gasteiger partial charge in [-0.15, -0.1) is 0 Å². The van der Waals surface area contributed by atoms with E-state index in [0.29, 0.717) is 5.92 Å². The van der Waals surface area contributed by atoms with E-state index in [2.05, 4.69) is 74.0 Å². The first-order valence-electron chi connectivity index (χ1n) is 9.08. The van der Waals surface area contributed by atoms with Gasteiger partial charge < -0.3 is 5.32 Å². The molecule has 0 saturated heterocycles. The summed E-state index contributed by atoms with van der Waals surface area (Å²) in [6.07, 6.45) is 2.50. The third kappa shape index (κ3) is 3.66. The molecule has 27 heavy (non-hydrogen) atoms.